The van der Waals surface area contributed by atoms with Crippen LogP contribution in [-0.4, -0.2) is 29.5 Å². The number of hydrogen-bond acceptors (Lipinski definition) is 5. The molecule has 6 heteroatoms. The summed E-state index contributed by atoms with van der Waals surface area (Å²) in [6.07, 6.45) is 3.15. The first-order valence-electron chi connectivity index (χ1n) is 6.66. The predicted molar refractivity (Wildman–Crippen MR) is 76.2 cm³/mol. The number of rotatable bonds is 6. The van der Waals surface area contributed by atoms with E-state index in [1.807, 2.05) is 13.8 Å². The maximum atomic E-state index is 11.8. The first-order valence-corrected chi connectivity index (χ1v) is 6.66. The normalized spacial score (nSPS) is 10.4. The molecule has 0 fully saturated rings. The third-order valence-electron chi connectivity index (χ3n) is 3.01. The minimum atomic E-state index is -0.595. The molecule has 0 spiro atoms. The molecule has 0 bridgehead atoms. The van der Waals surface area contributed by atoms with E-state index in [1.54, 1.807) is 6.92 Å². The number of amides is 1. The predicted octanol–water partition coefficient (Wildman–Crippen LogP) is 1.43. The Hall–Kier alpha value is -2.11. The zero-order valence-corrected chi connectivity index (χ0v) is 12.1. The molecule has 0 unspecified atom stereocenters. The van der Waals surface area contributed by atoms with Crippen LogP contribution in [0, 0.1) is 6.92 Å². The molecule has 0 aliphatic heterocycles. The van der Waals surface area contributed by atoms with Gasteiger partial charge in [-0.3, -0.25) is 9.78 Å². The highest BCUT2D eigenvalue weighted by atomic mass is 16.5. The molecule has 110 valence electrons. The number of anilines is 1. The highest BCUT2D eigenvalue weighted by molar-refractivity contribution is 5.93. The van der Waals surface area contributed by atoms with E-state index in [2.05, 4.69) is 10.3 Å². The van der Waals surface area contributed by atoms with Gasteiger partial charge in [-0.05, 0) is 25.8 Å². The third-order valence-corrected chi connectivity index (χ3v) is 3.01. The minimum Gasteiger partial charge on any atom is -0.452 e. The van der Waals surface area contributed by atoms with Crippen LogP contribution in [0.5, 0.6) is 0 Å². The molecule has 0 aliphatic rings. The van der Waals surface area contributed by atoms with Crippen molar-refractivity contribution in [2.75, 3.05) is 12.3 Å². The summed E-state index contributed by atoms with van der Waals surface area (Å²) in [6.45, 7) is 5.36. The smallest absolute Gasteiger partial charge is 0.340 e. The summed E-state index contributed by atoms with van der Waals surface area (Å²) in [5, 5.41) is 2.79. The number of nitrogens with zero attached hydrogens (tertiary/aromatic N) is 1. The van der Waals surface area contributed by atoms with Crippen LogP contribution >= 0.6 is 0 Å². The molecule has 1 aromatic rings. The van der Waals surface area contributed by atoms with Gasteiger partial charge in [-0.2, -0.15) is 0 Å². The molecule has 0 saturated carbocycles. The van der Waals surface area contributed by atoms with E-state index in [4.69, 9.17) is 10.5 Å². The Morgan fingerprint density at radius 3 is 2.65 bits per heavy atom. The summed E-state index contributed by atoms with van der Waals surface area (Å²) in [5.74, 6) is -0.899. The molecule has 1 rings (SSSR count). The largest absolute Gasteiger partial charge is 0.452 e. The Balaban J connectivity index is 2.55. The number of carbonyl (C=O) groups is 2. The minimum absolute atomic E-state index is 0.108. The van der Waals surface area contributed by atoms with Crippen molar-refractivity contribution in [3.8, 4) is 0 Å². The second-order valence-electron chi connectivity index (χ2n) is 4.56. The summed E-state index contributed by atoms with van der Waals surface area (Å²) >= 11 is 0. The van der Waals surface area contributed by atoms with E-state index in [0.29, 0.717) is 11.4 Å². The Bertz CT molecular complexity index is 485. The SMILES string of the molecule is CCC(CC)NC(=O)COC(=O)c1cc(N)cnc1C. The average molecular weight is 279 g/mol. The molecule has 0 saturated heterocycles. The van der Waals surface area contributed by atoms with E-state index in [9.17, 15) is 9.59 Å². The van der Waals surface area contributed by atoms with E-state index in [-0.39, 0.29) is 24.1 Å². The Kier molecular flexibility index (Phi) is 5.96. The lowest BCUT2D eigenvalue weighted by atomic mass is 10.2. The lowest BCUT2D eigenvalue weighted by Crippen LogP contribution is -2.36. The van der Waals surface area contributed by atoms with Crippen molar-refractivity contribution < 1.29 is 14.3 Å². The summed E-state index contributed by atoms with van der Waals surface area (Å²) in [4.78, 5) is 27.5. The molecular weight excluding hydrogens is 258 g/mol. The highest BCUT2D eigenvalue weighted by Crippen LogP contribution is 2.10. The van der Waals surface area contributed by atoms with Crippen LogP contribution in [0.2, 0.25) is 0 Å². The number of nitrogens with one attached hydrogen (secondary N) is 1. The van der Waals surface area contributed by atoms with Crippen molar-refractivity contribution in [1.29, 1.82) is 0 Å². The molecule has 1 heterocycles. The van der Waals surface area contributed by atoms with Crippen LogP contribution in [0.15, 0.2) is 12.3 Å². The van der Waals surface area contributed by atoms with Crippen molar-refractivity contribution in [1.82, 2.24) is 10.3 Å². The number of aromatic nitrogens is 1. The fourth-order valence-electron chi connectivity index (χ4n) is 1.73. The third kappa shape index (κ3) is 4.53. The molecule has 20 heavy (non-hydrogen) atoms. The number of aryl methyl sites for hydroxylation is 1. The maximum absolute atomic E-state index is 11.8. The lowest BCUT2D eigenvalue weighted by Gasteiger charge is -2.14. The van der Waals surface area contributed by atoms with Crippen molar-refractivity contribution in [3.63, 3.8) is 0 Å². The van der Waals surface area contributed by atoms with Gasteiger partial charge in [0.2, 0.25) is 0 Å². The van der Waals surface area contributed by atoms with Crippen molar-refractivity contribution in [2.45, 2.75) is 39.7 Å². The van der Waals surface area contributed by atoms with Gasteiger partial charge in [-0.15, -0.1) is 0 Å². The lowest BCUT2D eigenvalue weighted by molar-refractivity contribution is -0.125. The molecule has 6 nitrogen and oxygen atoms in total. The average Bonchev–Trinajstić information content (AvgIpc) is 2.44. The van der Waals surface area contributed by atoms with Crippen LogP contribution in [0.3, 0.4) is 0 Å². The summed E-state index contributed by atoms with van der Waals surface area (Å²) < 4.78 is 4.97. The fourth-order valence-corrected chi connectivity index (χ4v) is 1.73. The van der Waals surface area contributed by atoms with Crippen molar-refractivity contribution in [2.24, 2.45) is 0 Å². The molecule has 0 aromatic carbocycles. The Morgan fingerprint density at radius 2 is 2.05 bits per heavy atom. The number of hydrogen-bond donors (Lipinski definition) is 2. The molecule has 1 amide bonds. The summed E-state index contributed by atoms with van der Waals surface area (Å²) in [6, 6.07) is 1.60. The van der Waals surface area contributed by atoms with E-state index in [1.165, 1.54) is 12.3 Å². The fraction of sp³-hybridized carbons (Fsp3) is 0.500. The van der Waals surface area contributed by atoms with Gasteiger partial charge in [-0.1, -0.05) is 13.8 Å². The first kappa shape index (κ1) is 15.9. The summed E-state index contributed by atoms with van der Waals surface area (Å²) in [5.41, 5.74) is 6.75. The van der Waals surface area contributed by atoms with Crippen LogP contribution in [0.25, 0.3) is 0 Å². The van der Waals surface area contributed by atoms with Gasteiger partial charge in [0.05, 0.1) is 23.1 Å². The maximum Gasteiger partial charge on any atom is 0.340 e. The summed E-state index contributed by atoms with van der Waals surface area (Å²) in [7, 11) is 0. The number of esters is 1. The van der Waals surface area contributed by atoms with Gasteiger partial charge in [0.25, 0.3) is 5.91 Å². The zero-order chi connectivity index (χ0) is 15.1. The van der Waals surface area contributed by atoms with E-state index >= 15 is 0 Å². The Morgan fingerprint density at radius 1 is 1.40 bits per heavy atom. The first-order chi connectivity index (χ1) is 9.47. The van der Waals surface area contributed by atoms with Gasteiger partial charge in [0, 0.05) is 6.04 Å². The van der Waals surface area contributed by atoms with Gasteiger partial charge >= 0.3 is 5.97 Å². The highest BCUT2D eigenvalue weighted by Gasteiger charge is 2.15. The zero-order valence-electron chi connectivity index (χ0n) is 12.1. The molecular formula is C14H21N3O3. The molecule has 1 aromatic heterocycles. The number of ether oxygens (including phenoxy) is 1. The standard InChI is InChI=1S/C14H21N3O3/c1-4-11(5-2)17-13(18)8-20-14(19)12-6-10(15)7-16-9(12)3/h6-7,11H,4-5,8,15H2,1-3H3,(H,17,18). The van der Waals surface area contributed by atoms with Gasteiger partial charge in [0.1, 0.15) is 0 Å². The van der Waals surface area contributed by atoms with E-state index < -0.39 is 5.97 Å². The second kappa shape index (κ2) is 7.47. The monoisotopic (exact) mass is 279 g/mol. The molecule has 0 aliphatic carbocycles. The van der Waals surface area contributed by atoms with Crippen LogP contribution < -0.4 is 11.1 Å². The van der Waals surface area contributed by atoms with Gasteiger partial charge < -0.3 is 15.8 Å². The van der Waals surface area contributed by atoms with Gasteiger partial charge in [0.15, 0.2) is 6.61 Å². The van der Waals surface area contributed by atoms with Crippen molar-refractivity contribution >= 4 is 17.6 Å². The van der Waals surface area contributed by atoms with Crippen LogP contribution in [-0.2, 0) is 9.53 Å². The molecule has 0 atom stereocenters. The van der Waals surface area contributed by atoms with Crippen molar-refractivity contribution in [3.05, 3.63) is 23.5 Å². The Labute approximate surface area is 118 Å². The molecule has 3 N–H and O–H groups in total. The van der Waals surface area contributed by atoms with Gasteiger partial charge in [-0.25, -0.2) is 4.79 Å². The number of pyridine rings is 1. The number of nitrogens with two attached hydrogens (primary N) is 1. The topological polar surface area (TPSA) is 94.3 Å². The quantitative estimate of drug-likeness (QED) is 0.768. The van der Waals surface area contributed by atoms with Crippen LogP contribution in [0.1, 0.15) is 42.7 Å². The van der Waals surface area contributed by atoms with E-state index in [0.717, 1.165) is 12.8 Å². The number of nitrogen functional groups attached to an aromatic ring is 1. The second-order valence-corrected chi connectivity index (χ2v) is 4.56. The number of carbonyl (C=O) groups excluding carboxylic acids is 2. The molecule has 0 radical (unpaired) electrons. The van der Waals surface area contributed by atoms with Crippen LogP contribution in [0.4, 0.5) is 5.69 Å².